The highest BCUT2D eigenvalue weighted by Crippen LogP contribution is 2.33. The third kappa shape index (κ3) is 2.34. The maximum Gasteiger partial charge on any atom is 0.0888 e. The summed E-state index contributed by atoms with van der Waals surface area (Å²) in [5.74, 6) is 0. The van der Waals surface area contributed by atoms with Crippen LogP contribution in [0.5, 0.6) is 0 Å². The van der Waals surface area contributed by atoms with Crippen LogP contribution in [0.2, 0.25) is 0 Å². The van der Waals surface area contributed by atoms with Gasteiger partial charge in [-0.15, -0.1) is 0 Å². The van der Waals surface area contributed by atoms with E-state index >= 15 is 0 Å². The summed E-state index contributed by atoms with van der Waals surface area (Å²) >= 11 is 0. The van der Waals surface area contributed by atoms with Gasteiger partial charge in [-0.25, -0.2) is 0 Å². The zero-order valence-corrected chi connectivity index (χ0v) is 9.88. The summed E-state index contributed by atoms with van der Waals surface area (Å²) in [5, 5.41) is 9.83. The molecule has 1 aliphatic heterocycles. The van der Waals surface area contributed by atoms with Gasteiger partial charge in [-0.05, 0) is 19.4 Å². The minimum Gasteiger partial charge on any atom is -0.387 e. The predicted molar refractivity (Wildman–Crippen MR) is 66.2 cm³/mol. The van der Waals surface area contributed by atoms with E-state index in [1.165, 1.54) is 5.56 Å². The van der Waals surface area contributed by atoms with E-state index in [2.05, 4.69) is 36.1 Å². The van der Waals surface area contributed by atoms with Crippen LogP contribution in [0, 0.1) is 0 Å². The van der Waals surface area contributed by atoms with Crippen LogP contribution in [0.25, 0.3) is 0 Å². The first-order chi connectivity index (χ1) is 7.74. The average Bonchev–Trinajstić information content (AvgIpc) is 3.09. The molecule has 1 fully saturated rings. The monoisotopic (exact) mass is 217 g/mol. The zero-order valence-electron chi connectivity index (χ0n) is 9.88. The van der Waals surface area contributed by atoms with E-state index in [0.29, 0.717) is 12.1 Å². The summed E-state index contributed by atoms with van der Waals surface area (Å²) in [6, 6.07) is 11.1. The van der Waals surface area contributed by atoms with Gasteiger partial charge in [0.2, 0.25) is 0 Å². The van der Waals surface area contributed by atoms with Gasteiger partial charge < -0.3 is 5.11 Å². The molecule has 0 aromatic heterocycles. The number of aliphatic hydroxyl groups is 1. The summed E-state index contributed by atoms with van der Waals surface area (Å²) in [4.78, 5) is 2.32. The van der Waals surface area contributed by atoms with Gasteiger partial charge in [0.05, 0.1) is 12.1 Å². The van der Waals surface area contributed by atoms with Crippen LogP contribution < -0.4 is 0 Å². The van der Waals surface area contributed by atoms with Crippen molar-refractivity contribution in [3.05, 3.63) is 48.0 Å². The summed E-state index contributed by atoms with van der Waals surface area (Å²) in [7, 11) is 0. The van der Waals surface area contributed by atoms with E-state index < -0.39 is 0 Å². The van der Waals surface area contributed by atoms with Crippen LogP contribution in [-0.4, -0.2) is 28.7 Å². The molecule has 2 unspecified atom stereocenters. The molecule has 0 amide bonds. The highest BCUT2D eigenvalue weighted by molar-refractivity contribution is 5.21. The summed E-state index contributed by atoms with van der Waals surface area (Å²) in [5.41, 5.74) is 1.32. The summed E-state index contributed by atoms with van der Waals surface area (Å²) in [6.45, 7) is 5.12. The molecule has 1 aliphatic rings. The third-order valence-corrected chi connectivity index (χ3v) is 3.25. The lowest BCUT2D eigenvalue weighted by Crippen LogP contribution is -2.18. The second-order valence-corrected chi connectivity index (χ2v) is 4.37. The van der Waals surface area contributed by atoms with Crippen molar-refractivity contribution in [3.8, 4) is 0 Å². The van der Waals surface area contributed by atoms with Gasteiger partial charge in [-0.1, -0.05) is 42.5 Å². The predicted octanol–water partition coefficient (Wildman–Crippen LogP) is 2.37. The molecule has 0 bridgehead atoms. The third-order valence-electron chi connectivity index (χ3n) is 3.25. The molecular formula is C14H19NO. The van der Waals surface area contributed by atoms with Crippen molar-refractivity contribution in [1.29, 1.82) is 0 Å². The first-order valence-corrected chi connectivity index (χ1v) is 5.85. The van der Waals surface area contributed by atoms with E-state index in [0.717, 1.165) is 6.54 Å². The maximum atomic E-state index is 9.83. The van der Waals surface area contributed by atoms with Gasteiger partial charge in [0.15, 0.2) is 0 Å². The molecule has 1 saturated heterocycles. The standard InChI is InChI=1S/C14H19NO/c1-3-7-14(16)13-10-15(13)11(2)12-8-5-4-6-9-12/h3-9,11,13-14,16H,10H2,1-2H3/b7-3+/t11-,13?,14+,15?/m1/s1. The minimum absolute atomic E-state index is 0.298. The Hall–Kier alpha value is -1.12. The molecule has 2 heteroatoms. The Balaban J connectivity index is 1.97. The Bertz CT molecular complexity index is 360. The number of aliphatic hydroxyl groups excluding tert-OH is 1. The first-order valence-electron chi connectivity index (χ1n) is 5.85. The maximum absolute atomic E-state index is 9.83. The molecule has 0 aliphatic carbocycles. The van der Waals surface area contributed by atoms with Gasteiger partial charge in [-0.2, -0.15) is 0 Å². The zero-order chi connectivity index (χ0) is 11.5. The van der Waals surface area contributed by atoms with Crippen molar-refractivity contribution < 1.29 is 5.11 Å². The average molecular weight is 217 g/mol. The Labute approximate surface area is 97.2 Å². The van der Waals surface area contributed by atoms with E-state index in [-0.39, 0.29) is 6.10 Å². The van der Waals surface area contributed by atoms with Crippen LogP contribution in [0.1, 0.15) is 25.5 Å². The Morgan fingerprint density at radius 1 is 1.38 bits per heavy atom. The van der Waals surface area contributed by atoms with E-state index in [9.17, 15) is 5.11 Å². The van der Waals surface area contributed by atoms with Crippen molar-refractivity contribution in [2.24, 2.45) is 0 Å². The molecule has 1 aromatic carbocycles. The van der Waals surface area contributed by atoms with Crippen molar-refractivity contribution in [1.82, 2.24) is 4.90 Å². The van der Waals surface area contributed by atoms with E-state index in [4.69, 9.17) is 0 Å². The second kappa shape index (κ2) is 4.81. The number of rotatable bonds is 4. The second-order valence-electron chi connectivity index (χ2n) is 4.37. The molecule has 1 heterocycles. The molecule has 1 aromatic rings. The molecule has 0 saturated carbocycles. The number of allylic oxidation sites excluding steroid dienone is 1. The normalized spacial score (nSPS) is 27.9. The van der Waals surface area contributed by atoms with Crippen LogP contribution >= 0.6 is 0 Å². The molecule has 0 spiro atoms. The van der Waals surface area contributed by atoms with Crippen LogP contribution in [0.15, 0.2) is 42.5 Å². The van der Waals surface area contributed by atoms with Gasteiger partial charge in [0.25, 0.3) is 0 Å². The first kappa shape index (κ1) is 11.4. The van der Waals surface area contributed by atoms with Gasteiger partial charge >= 0.3 is 0 Å². The lowest BCUT2D eigenvalue weighted by molar-refractivity contribution is 0.192. The fraction of sp³-hybridized carbons (Fsp3) is 0.429. The summed E-state index contributed by atoms with van der Waals surface area (Å²) < 4.78 is 0. The number of benzene rings is 1. The minimum atomic E-state index is -0.323. The molecule has 1 N–H and O–H groups in total. The fourth-order valence-corrected chi connectivity index (χ4v) is 2.17. The van der Waals surface area contributed by atoms with E-state index in [1.54, 1.807) is 0 Å². The van der Waals surface area contributed by atoms with Crippen LogP contribution in [0.4, 0.5) is 0 Å². The molecular weight excluding hydrogens is 198 g/mol. The van der Waals surface area contributed by atoms with Crippen molar-refractivity contribution in [2.75, 3.05) is 6.54 Å². The highest BCUT2D eigenvalue weighted by atomic mass is 16.3. The smallest absolute Gasteiger partial charge is 0.0888 e. The Kier molecular flexibility index (Phi) is 3.42. The van der Waals surface area contributed by atoms with Crippen molar-refractivity contribution in [2.45, 2.75) is 32.0 Å². The van der Waals surface area contributed by atoms with Crippen molar-refractivity contribution >= 4 is 0 Å². The molecule has 16 heavy (non-hydrogen) atoms. The van der Waals surface area contributed by atoms with Gasteiger partial charge in [-0.3, -0.25) is 4.90 Å². The quantitative estimate of drug-likeness (QED) is 0.618. The van der Waals surface area contributed by atoms with Crippen LogP contribution in [0.3, 0.4) is 0 Å². The topological polar surface area (TPSA) is 23.2 Å². The number of nitrogens with zero attached hydrogens (tertiary/aromatic N) is 1. The molecule has 2 nitrogen and oxygen atoms in total. The van der Waals surface area contributed by atoms with Crippen molar-refractivity contribution in [3.63, 3.8) is 0 Å². The van der Waals surface area contributed by atoms with Crippen LogP contribution in [-0.2, 0) is 0 Å². The molecule has 2 rings (SSSR count). The number of hydrogen-bond acceptors (Lipinski definition) is 2. The Morgan fingerprint density at radius 3 is 2.69 bits per heavy atom. The molecule has 4 atom stereocenters. The lowest BCUT2D eigenvalue weighted by atomic mass is 10.1. The molecule has 86 valence electrons. The summed E-state index contributed by atoms with van der Waals surface area (Å²) in [6.07, 6.45) is 3.45. The van der Waals surface area contributed by atoms with Gasteiger partial charge in [0, 0.05) is 12.6 Å². The Morgan fingerprint density at radius 2 is 2.06 bits per heavy atom. The lowest BCUT2D eigenvalue weighted by Gasteiger charge is -2.15. The SMILES string of the molecule is C/C=C/[C@H](O)C1CN1[C@H](C)c1ccccc1. The number of hydrogen-bond donors (Lipinski definition) is 1. The highest BCUT2D eigenvalue weighted by Gasteiger charge is 2.41. The van der Waals surface area contributed by atoms with E-state index in [1.807, 2.05) is 25.1 Å². The van der Waals surface area contributed by atoms with Gasteiger partial charge in [0.1, 0.15) is 0 Å². The molecule has 0 radical (unpaired) electrons. The fourth-order valence-electron chi connectivity index (χ4n) is 2.17. The largest absolute Gasteiger partial charge is 0.387 e.